The minimum absolute atomic E-state index is 0.242. The van der Waals surface area contributed by atoms with Crippen LogP contribution in [-0.2, 0) is 14.4 Å². The molecule has 9 heteroatoms. The number of hydrogen-bond donors (Lipinski definition) is 1. The van der Waals surface area contributed by atoms with Gasteiger partial charge in [0.25, 0.3) is 5.91 Å². The molecule has 3 rings (SSSR count). The number of likely N-dealkylation sites (N-methyl/N-ethyl adjacent to an activating group) is 2. The maximum atomic E-state index is 13.0. The molecule has 8 nitrogen and oxygen atoms in total. The van der Waals surface area contributed by atoms with Crippen molar-refractivity contribution in [1.29, 1.82) is 0 Å². The summed E-state index contributed by atoms with van der Waals surface area (Å²) in [7, 11) is 3.29. The van der Waals surface area contributed by atoms with Crippen LogP contribution in [0.15, 0.2) is 83.3 Å². The first-order chi connectivity index (χ1) is 16.8. The summed E-state index contributed by atoms with van der Waals surface area (Å²) in [5, 5.41) is 0. The number of benzene rings is 3. The van der Waals surface area contributed by atoms with Crippen LogP contribution in [0.1, 0.15) is 0 Å². The Hall–Kier alpha value is -3.69. The number of rotatable bonds is 9. The van der Waals surface area contributed by atoms with Gasteiger partial charge in [0.15, 0.2) is 6.61 Å². The van der Waals surface area contributed by atoms with Crippen molar-refractivity contribution in [3.05, 3.63) is 83.3 Å². The normalized spacial score (nSPS) is 10.4. The second kappa shape index (κ2) is 12.1. The fourth-order valence-corrected chi connectivity index (χ4v) is 3.71. The van der Waals surface area contributed by atoms with Crippen molar-refractivity contribution in [2.45, 2.75) is 0 Å². The van der Waals surface area contributed by atoms with Gasteiger partial charge in [-0.15, -0.1) is 0 Å². The Morgan fingerprint density at radius 3 is 2.11 bits per heavy atom. The Labute approximate surface area is 213 Å². The lowest BCUT2D eigenvalue weighted by Crippen LogP contribution is -2.44. The average Bonchev–Trinajstić information content (AvgIpc) is 2.89. The second-order valence-corrected chi connectivity index (χ2v) is 8.58. The van der Waals surface area contributed by atoms with Crippen molar-refractivity contribution >= 4 is 50.7 Å². The lowest BCUT2D eigenvalue weighted by Gasteiger charge is -2.27. The highest BCUT2D eigenvalue weighted by molar-refractivity contribution is 9.10. The molecule has 2 N–H and O–H groups in total. The number of nitrogens with two attached hydrogens (primary N) is 1. The Kier molecular flexibility index (Phi) is 8.99. The SMILES string of the molecule is CN(C(=O)COc1ccccc1N(CC(=O)N(C)c1ccccc1)C(=O)CN)c1cccc(Br)c1. The van der Waals surface area contributed by atoms with E-state index < -0.39 is 5.91 Å². The Morgan fingerprint density at radius 1 is 0.800 bits per heavy atom. The molecule has 0 fully saturated rings. The summed E-state index contributed by atoms with van der Waals surface area (Å²) in [6.07, 6.45) is 0. The van der Waals surface area contributed by atoms with Crippen LogP contribution in [0.4, 0.5) is 17.1 Å². The lowest BCUT2D eigenvalue weighted by atomic mass is 10.2. The van der Waals surface area contributed by atoms with E-state index in [4.69, 9.17) is 10.5 Å². The number of hydrogen-bond acceptors (Lipinski definition) is 5. The molecule has 0 aliphatic carbocycles. The first-order valence-corrected chi connectivity index (χ1v) is 11.7. The van der Waals surface area contributed by atoms with Gasteiger partial charge in [-0.1, -0.05) is 52.3 Å². The van der Waals surface area contributed by atoms with E-state index in [9.17, 15) is 14.4 Å². The number of ether oxygens (including phenoxy) is 1. The fraction of sp³-hybridized carbons (Fsp3) is 0.192. The van der Waals surface area contributed by atoms with Crippen molar-refractivity contribution in [1.82, 2.24) is 0 Å². The molecule has 0 aliphatic rings. The highest BCUT2D eigenvalue weighted by Crippen LogP contribution is 2.29. The van der Waals surface area contributed by atoms with Crippen LogP contribution < -0.4 is 25.2 Å². The van der Waals surface area contributed by atoms with Crippen molar-refractivity contribution < 1.29 is 19.1 Å². The lowest BCUT2D eigenvalue weighted by molar-refractivity contribution is -0.121. The van der Waals surface area contributed by atoms with Crippen LogP contribution in [0.3, 0.4) is 0 Å². The standard InChI is InChI=1S/C26H27BrN4O4/c1-29(20-10-4-3-5-11-20)25(33)17-31(24(32)16-28)22-13-6-7-14-23(22)35-18-26(34)30(2)21-12-8-9-19(27)15-21/h3-15H,16-18,28H2,1-2H3. The topological polar surface area (TPSA) is 96.2 Å². The third kappa shape index (κ3) is 6.68. The van der Waals surface area contributed by atoms with E-state index in [0.717, 1.165) is 4.47 Å². The number of nitrogens with zero attached hydrogens (tertiary/aromatic N) is 3. The van der Waals surface area contributed by atoms with Crippen LogP contribution in [0.2, 0.25) is 0 Å². The van der Waals surface area contributed by atoms with Gasteiger partial charge in [0.1, 0.15) is 12.3 Å². The van der Waals surface area contributed by atoms with Gasteiger partial charge in [0, 0.05) is 29.9 Å². The van der Waals surface area contributed by atoms with Crippen LogP contribution >= 0.6 is 15.9 Å². The van der Waals surface area contributed by atoms with Crippen molar-refractivity contribution in [2.75, 3.05) is 48.5 Å². The first kappa shape index (κ1) is 25.9. The maximum absolute atomic E-state index is 13.0. The van der Waals surface area contributed by atoms with Gasteiger partial charge in [-0.2, -0.15) is 0 Å². The number of carbonyl (C=O) groups is 3. The molecule has 3 aromatic carbocycles. The van der Waals surface area contributed by atoms with E-state index in [1.807, 2.05) is 42.5 Å². The molecule has 0 bridgehead atoms. The maximum Gasteiger partial charge on any atom is 0.264 e. The van der Waals surface area contributed by atoms with E-state index >= 15 is 0 Å². The molecule has 0 aliphatic heterocycles. The minimum atomic E-state index is -0.451. The van der Waals surface area contributed by atoms with E-state index in [1.165, 1.54) is 14.7 Å². The predicted molar refractivity (Wildman–Crippen MR) is 141 cm³/mol. The summed E-state index contributed by atoms with van der Waals surface area (Å²) in [6, 6.07) is 23.2. The quantitative estimate of drug-likeness (QED) is 0.450. The van der Waals surface area contributed by atoms with Gasteiger partial charge in [0.2, 0.25) is 11.8 Å². The average molecular weight is 539 g/mol. The fourth-order valence-electron chi connectivity index (χ4n) is 3.32. The zero-order chi connectivity index (χ0) is 25.4. The Morgan fingerprint density at radius 2 is 1.43 bits per heavy atom. The zero-order valence-corrected chi connectivity index (χ0v) is 21.1. The number of carbonyl (C=O) groups excluding carboxylic acids is 3. The molecule has 3 amide bonds. The first-order valence-electron chi connectivity index (χ1n) is 10.9. The van der Waals surface area contributed by atoms with Gasteiger partial charge >= 0.3 is 0 Å². The van der Waals surface area contributed by atoms with Crippen LogP contribution in [0.5, 0.6) is 5.75 Å². The third-order valence-corrected chi connectivity index (χ3v) is 5.86. The van der Waals surface area contributed by atoms with Gasteiger partial charge in [-0.05, 0) is 42.5 Å². The van der Waals surface area contributed by atoms with Gasteiger partial charge in [0.05, 0.1) is 12.2 Å². The minimum Gasteiger partial charge on any atom is -0.482 e. The summed E-state index contributed by atoms with van der Waals surface area (Å²) in [6.45, 7) is -0.794. The molecule has 0 aromatic heterocycles. The largest absolute Gasteiger partial charge is 0.482 e. The summed E-state index contributed by atoms with van der Waals surface area (Å²) in [4.78, 5) is 42.7. The molecule has 0 heterocycles. The molecule has 35 heavy (non-hydrogen) atoms. The molecule has 182 valence electrons. The molecule has 0 spiro atoms. The van der Waals surface area contributed by atoms with Crippen LogP contribution in [-0.4, -0.2) is 51.5 Å². The smallest absolute Gasteiger partial charge is 0.264 e. The van der Waals surface area contributed by atoms with Gasteiger partial charge < -0.3 is 20.3 Å². The van der Waals surface area contributed by atoms with Gasteiger partial charge in [-0.3, -0.25) is 19.3 Å². The zero-order valence-electron chi connectivity index (χ0n) is 19.6. The summed E-state index contributed by atoms with van der Waals surface area (Å²) < 4.78 is 6.66. The molecule has 0 radical (unpaired) electrons. The molecular formula is C26H27BrN4O4. The number of anilines is 3. The Balaban J connectivity index is 1.77. The monoisotopic (exact) mass is 538 g/mol. The van der Waals surface area contributed by atoms with Crippen LogP contribution in [0.25, 0.3) is 0 Å². The molecular weight excluding hydrogens is 512 g/mol. The summed E-state index contributed by atoms with van der Waals surface area (Å²) in [5.41, 5.74) is 7.40. The van der Waals surface area contributed by atoms with E-state index in [2.05, 4.69) is 15.9 Å². The molecule has 0 saturated heterocycles. The highest BCUT2D eigenvalue weighted by atomic mass is 79.9. The summed E-state index contributed by atoms with van der Waals surface area (Å²) >= 11 is 3.40. The Bertz CT molecular complexity index is 1190. The highest BCUT2D eigenvalue weighted by Gasteiger charge is 2.24. The van der Waals surface area contributed by atoms with Crippen LogP contribution in [0, 0.1) is 0 Å². The van der Waals surface area contributed by atoms with E-state index in [-0.39, 0.29) is 31.5 Å². The summed E-state index contributed by atoms with van der Waals surface area (Å²) in [5.74, 6) is -0.748. The molecule has 0 unspecified atom stereocenters. The van der Waals surface area contributed by atoms with Gasteiger partial charge in [-0.25, -0.2) is 0 Å². The number of para-hydroxylation sites is 3. The predicted octanol–water partition coefficient (Wildman–Crippen LogP) is 3.45. The second-order valence-electron chi connectivity index (χ2n) is 7.66. The number of halogens is 1. The third-order valence-electron chi connectivity index (χ3n) is 5.36. The van der Waals surface area contributed by atoms with E-state index in [0.29, 0.717) is 22.8 Å². The van der Waals surface area contributed by atoms with Crippen molar-refractivity contribution in [3.8, 4) is 5.75 Å². The number of amides is 3. The van der Waals surface area contributed by atoms with E-state index in [1.54, 1.807) is 50.5 Å². The van der Waals surface area contributed by atoms with Crippen molar-refractivity contribution in [3.63, 3.8) is 0 Å². The van der Waals surface area contributed by atoms with Crippen molar-refractivity contribution in [2.24, 2.45) is 5.73 Å². The molecule has 0 saturated carbocycles. The molecule has 0 atom stereocenters. The molecule has 3 aromatic rings.